The van der Waals surface area contributed by atoms with Crippen LogP contribution in [0.4, 0.5) is 19.5 Å². The first kappa shape index (κ1) is 18.5. The van der Waals surface area contributed by atoms with Crippen molar-refractivity contribution in [3.63, 3.8) is 0 Å². The van der Waals surface area contributed by atoms with Crippen molar-refractivity contribution in [1.29, 1.82) is 0 Å². The van der Waals surface area contributed by atoms with Crippen LogP contribution in [0, 0.1) is 18.6 Å². The van der Waals surface area contributed by atoms with Gasteiger partial charge in [-0.15, -0.1) is 0 Å². The highest BCUT2D eigenvalue weighted by molar-refractivity contribution is 5.97. The molecule has 2 heterocycles. The van der Waals surface area contributed by atoms with Gasteiger partial charge in [-0.1, -0.05) is 0 Å². The number of benzene rings is 2. The molecule has 148 valence electrons. The second kappa shape index (κ2) is 6.97. The highest BCUT2D eigenvalue weighted by Gasteiger charge is 2.16. The monoisotopic (exact) mass is 399 g/mol. The fourth-order valence-corrected chi connectivity index (χ4v) is 3.13. The van der Waals surface area contributed by atoms with Crippen LogP contribution in [0.15, 0.2) is 29.1 Å². The third kappa shape index (κ3) is 3.28. The number of fused-ring (bicyclic) bond motifs is 2. The fraction of sp³-hybridized carbons (Fsp3) is 0.158. The zero-order valence-corrected chi connectivity index (χ0v) is 15.4. The van der Waals surface area contributed by atoms with Crippen LogP contribution in [-0.2, 0) is 4.74 Å². The number of aromatic nitrogens is 4. The number of hydrogen-bond acceptors (Lipinski definition) is 5. The molecule has 29 heavy (non-hydrogen) atoms. The lowest BCUT2D eigenvalue weighted by molar-refractivity contribution is 0.167. The molecule has 0 atom stereocenters. The fourth-order valence-electron chi connectivity index (χ4n) is 3.13. The van der Waals surface area contributed by atoms with Crippen molar-refractivity contribution in [2.75, 3.05) is 11.9 Å². The maximum Gasteiger partial charge on any atom is 0.413 e. The van der Waals surface area contributed by atoms with E-state index in [2.05, 4.69) is 25.5 Å². The van der Waals surface area contributed by atoms with E-state index in [0.29, 0.717) is 16.6 Å². The Labute approximate surface area is 161 Å². The van der Waals surface area contributed by atoms with Crippen LogP contribution in [0.1, 0.15) is 12.5 Å². The molecule has 0 saturated heterocycles. The van der Waals surface area contributed by atoms with Crippen LogP contribution >= 0.6 is 0 Å². The number of nitrogens with one attached hydrogen (secondary N) is 3. The molecule has 4 rings (SSSR count). The molecule has 0 fully saturated rings. The quantitative estimate of drug-likeness (QED) is 0.487. The summed E-state index contributed by atoms with van der Waals surface area (Å²) in [5, 5.41) is 8.98. The normalized spacial score (nSPS) is 11.2. The molecule has 2 aromatic heterocycles. The molecular formula is C19H15F2N5O3. The summed E-state index contributed by atoms with van der Waals surface area (Å²) in [6, 6.07) is 5.23. The summed E-state index contributed by atoms with van der Waals surface area (Å²) in [7, 11) is 0. The second-order valence-electron chi connectivity index (χ2n) is 6.33. The first-order valence-electron chi connectivity index (χ1n) is 8.69. The van der Waals surface area contributed by atoms with Crippen LogP contribution < -0.4 is 10.9 Å². The molecule has 0 bridgehead atoms. The lowest BCUT2D eigenvalue weighted by Gasteiger charge is -2.07. The summed E-state index contributed by atoms with van der Waals surface area (Å²) >= 11 is 0. The van der Waals surface area contributed by atoms with E-state index >= 15 is 0 Å². The van der Waals surface area contributed by atoms with Crippen LogP contribution in [0.2, 0.25) is 0 Å². The number of carbonyl (C=O) groups is 1. The summed E-state index contributed by atoms with van der Waals surface area (Å²) < 4.78 is 32.2. The average molecular weight is 399 g/mol. The molecule has 1 amide bonds. The van der Waals surface area contributed by atoms with E-state index < -0.39 is 23.3 Å². The van der Waals surface area contributed by atoms with Crippen LogP contribution in [0.5, 0.6) is 0 Å². The maximum atomic E-state index is 13.8. The van der Waals surface area contributed by atoms with Gasteiger partial charge < -0.3 is 9.72 Å². The van der Waals surface area contributed by atoms with Crippen LogP contribution in [-0.4, -0.2) is 32.9 Å². The van der Waals surface area contributed by atoms with Gasteiger partial charge in [0.25, 0.3) is 5.56 Å². The maximum absolute atomic E-state index is 13.8. The van der Waals surface area contributed by atoms with Gasteiger partial charge in [-0.05, 0) is 43.7 Å². The van der Waals surface area contributed by atoms with Gasteiger partial charge >= 0.3 is 6.09 Å². The van der Waals surface area contributed by atoms with Crippen molar-refractivity contribution in [3.05, 3.63) is 51.8 Å². The number of imidazole rings is 1. The van der Waals surface area contributed by atoms with Gasteiger partial charge in [-0.25, -0.2) is 23.7 Å². The number of aryl methyl sites for hydroxylation is 1. The zero-order chi connectivity index (χ0) is 20.7. The predicted octanol–water partition coefficient (Wildman–Crippen LogP) is 3.62. The first-order valence-corrected chi connectivity index (χ1v) is 8.69. The van der Waals surface area contributed by atoms with E-state index in [1.54, 1.807) is 26.0 Å². The predicted molar refractivity (Wildman–Crippen MR) is 103 cm³/mol. The van der Waals surface area contributed by atoms with Crippen LogP contribution in [0.3, 0.4) is 0 Å². The minimum absolute atomic E-state index is 0.0130. The molecular weight excluding hydrogens is 384 g/mol. The number of amides is 1. The number of aromatic amines is 2. The van der Waals surface area contributed by atoms with E-state index in [-0.39, 0.29) is 29.0 Å². The number of rotatable bonds is 3. The first-order chi connectivity index (χ1) is 13.9. The Morgan fingerprint density at radius 1 is 1.17 bits per heavy atom. The topological polar surface area (TPSA) is 113 Å². The molecule has 0 unspecified atom stereocenters. The molecule has 0 aliphatic carbocycles. The summed E-state index contributed by atoms with van der Waals surface area (Å²) in [5.74, 6) is -1.99. The van der Waals surface area contributed by atoms with Crippen molar-refractivity contribution < 1.29 is 18.3 Å². The number of H-pyrrole nitrogens is 2. The van der Waals surface area contributed by atoms with Crippen molar-refractivity contribution in [1.82, 2.24) is 20.2 Å². The van der Waals surface area contributed by atoms with Gasteiger partial charge in [0.1, 0.15) is 0 Å². The molecule has 10 heteroatoms. The third-order valence-electron chi connectivity index (χ3n) is 4.38. The smallest absolute Gasteiger partial charge is 0.413 e. The van der Waals surface area contributed by atoms with E-state index in [4.69, 9.17) is 4.74 Å². The van der Waals surface area contributed by atoms with Crippen molar-refractivity contribution in [3.8, 4) is 11.3 Å². The molecule has 0 aliphatic heterocycles. The number of ether oxygens (including phenoxy) is 1. The number of nitrogens with zero attached hydrogens (tertiary/aromatic N) is 2. The number of carbonyl (C=O) groups excluding carboxylic acids is 1. The summed E-state index contributed by atoms with van der Waals surface area (Å²) in [6.45, 7) is 3.71. The molecule has 8 nitrogen and oxygen atoms in total. The van der Waals surface area contributed by atoms with E-state index in [0.717, 1.165) is 17.7 Å². The molecule has 0 saturated carbocycles. The Kier molecular flexibility index (Phi) is 4.45. The highest BCUT2D eigenvalue weighted by Crippen LogP contribution is 2.30. The Morgan fingerprint density at radius 2 is 1.90 bits per heavy atom. The van der Waals surface area contributed by atoms with E-state index in [9.17, 15) is 18.4 Å². The summed E-state index contributed by atoms with van der Waals surface area (Å²) in [5.41, 5.74) is 2.13. The molecule has 0 radical (unpaired) electrons. The minimum Gasteiger partial charge on any atom is -0.450 e. The Morgan fingerprint density at radius 3 is 2.62 bits per heavy atom. The zero-order valence-electron chi connectivity index (χ0n) is 15.4. The third-order valence-corrected chi connectivity index (χ3v) is 4.38. The van der Waals surface area contributed by atoms with Gasteiger partial charge in [-0.2, -0.15) is 5.10 Å². The van der Waals surface area contributed by atoms with Crippen molar-refractivity contribution in [2.24, 2.45) is 0 Å². The van der Waals surface area contributed by atoms with Gasteiger partial charge in [-0.3, -0.25) is 10.1 Å². The highest BCUT2D eigenvalue weighted by atomic mass is 19.2. The van der Waals surface area contributed by atoms with E-state index in [1.165, 1.54) is 0 Å². The van der Waals surface area contributed by atoms with Crippen molar-refractivity contribution >= 4 is 33.8 Å². The summed E-state index contributed by atoms with van der Waals surface area (Å²) in [4.78, 5) is 30.9. The van der Waals surface area contributed by atoms with Gasteiger partial charge in [0.05, 0.1) is 28.7 Å². The van der Waals surface area contributed by atoms with Crippen LogP contribution in [0.25, 0.3) is 33.1 Å². The van der Waals surface area contributed by atoms with E-state index in [1.807, 2.05) is 0 Å². The Bertz CT molecular complexity index is 1330. The standard InChI is InChI=1S/C19H15F2N5O3/c1-3-29-19(28)24-18-22-14-5-9(4-8(2)15(14)23-18)16-10-6-12(20)13(21)7-11(10)17(27)26-25-16/h4-7H,3H2,1-2H3,(H,26,27)(H2,22,23,24,28). The minimum atomic E-state index is -1.12. The lowest BCUT2D eigenvalue weighted by Crippen LogP contribution is -2.14. The number of anilines is 1. The largest absolute Gasteiger partial charge is 0.450 e. The summed E-state index contributed by atoms with van der Waals surface area (Å²) in [6.07, 6.45) is -0.643. The SMILES string of the molecule is CCOC(=O)Nc1nc2c(C)cc(-c3n[nH]c(=O)c4cc(F)c(F)cc34)cc2[nH]1. The van der Waals surface area contributed by atoms with Gasteiger partial charge in [0.2, 0.25) is 5.95 Å². The second-order valence-corrected chi connectivity index (χ2v) is 6.33. The lowest BCUT2D eigenvalue weighted by atomic mass is 10.0. The number of hydrogen-bond donors (Lipinski definition) is 3. The molecule has 3 N–H and O–H groups in total. The van der Waals surface area contributed by atoms with Gasteiger partial charge in [0.15, 0.2) is 11.6 Å². The Balaban J connectivity index is 1.86. The molecule has 0 spiro atoms. The number of halogens is 2. The molecule has 4 aromatic rings. The average Bonchev–Trinajstić information content (AvgIpc) is 3.07. The molecule has 2 aromatic carbocycles. The van der Waals surface area contributed by atoms with Gasteiger partial charge in [0, 0.05) is 10.9 Å². The van der Waals surface area contributed by atoms with Crippen molar-refractivity contribution in [2.45, 2.75) is 13.8 Å². The Hall–Kier alpha value is -3.82. The molecule has 0 aliphatic rings.